The lowest BCUT2D eigenvalue weighted by atomic mass is 10.2. The molecule has 0 amide bonds. The molecule has 0 saturated heterocycles. The van der Waals surface area contributed by atoms with E-state index in [0.717, 1.165) is 58.5 Å². The third-order valence-electron chi connectivity index (χ3n) is 5.33. The molecular formula is C27H29N2O2+. The monoisotopic (exact) mass is 413 g/mol. The van der Waals surface area contributed by atoms with Crippen molar-refractivity contribution in [3.05, 3.63) is 95.8 Å². The second-order valence-electron chi connectivity index (χ2n) is 7.61. The molecule has 0 radical (unpaired) electrons. The Kier molecular flexibility index (Phi) is 6.08. The van der Waals surface area contributed by atoms with Crippen LogP contribution in [0.15, 0.2) is 94.3 Å². The van der Waals surface area contributed by atoms with Gasteiger partial charge in [0.2, 0.25) is 11.5 Å². The van der Waals surface area contributed by atoms with Gasteiger partial charge in [0.15, 0.2) is 5.75 Å². The van der Waals surface area contributed by atoms with Gasteiger partial charge in [0.05, 0.1) is 11.8 Å². The van der Waals surface area contributed by atoms with Crippen molar-refractivity contribution in [3.63, 3.8) is 0 Å². The van der Waals surface area contributed by atoms with Crippen LogP contribution in [0.3, 0.4) is 0 Å². The standard InChI is InChI=1S/C27H29N2O2/c1-5-28-22-14-7-9-16-24(22)30-26(28)18-20(3)12-11-13-21(4)19-27-29(6-2)23-15-8-10-17-25(23)31-27/h7-19H,5-6H2,1-4H3/q+1. The molecule has 3 aromatic rings. The summed E-state index contributed by atoms with van der Waals surface area (Å²) in [6, 6.07) is 16.3. The van der Waals surface area contributed by atoms with Gasteiger partial charge in [-0.25, -0.2) is 0 Å². The van der Waals surface area contributed by atoms with Gasteiger partial charge in [0.1, 0.15) is 6.54 Å². The zero-order valence-corrected chi connectivity index (χ0v) is 18.6. The van der Waals surface area contributed by atoms with Gasteiger partial charge in [-0.05, 0) is 57.0 Å². The molecule has 2 aromatic carbocycles. The first-order chi connectivity index (χ1) is 15.1. The maximum absolute atomic E-state index is 6.04. The molecule has 0 atom stereocenters. The fourth-order valence-electron chi connectivity index (χ4n) is 3.81. The average Bonchev–Trinajstić information content (AvgIpc) is 3.29. The number of fused-ring (bicyclic) bond motifs is 2. The van der Waals surface area contributed by atoms with Crippen LogP contribution in [0, 0.1) is 0 Å². The van der Waals surface area contributed by atoms with E-state index in [1.165, 1.54) is 0 Å². The highest BCUT2D eigenvalue weighted by Gasteiger charge is 2.24. The van der Waals surface area contributed by atoms with Crippen molar-refractivity contribution >= 4 is 22.9 Å². The quantitative estimate of drug-likeness (QED) is 0.346. The van der Waals surface area contributed by atoms with Crippen molar-refractivity contribution in [2.75, 3.05) is 11.4 Å². The van der Waals surface area contributed by atoms with Crippen molar-refractivity contribution < 1.29 is 13.7 Å². The van der Waals surface area contributed by atoms with Gasteiger partial charge >= 0.3 is 5.89 Å². The molecular weight excluding hydrogens is 384 g/mol. The molecule has 1 aliphatic rings. The van der Waals surface area contributed by atoms with Gasteiger partial charge in [-0.2, -0.15) is 4.57 Å². The molecule has 2 heterocycles. The molecule has 4 heteroatoms. The average molecular weight is 414 g/mol. The van der Waals surface area contributed by atoms with Crippen LogP contribution in [0.1, 0.15) is 33.6 Å². The summed E-state index contributed by atoms with van der Waals surface area (Å²) in [5, 5.41) is 0. The number of allylic oxidation sites excluding steroid dienone is 6. The zero-order chi connectivity index (χ0) is 21.8. The van der Waals surface area contributed by atoms with E-state index in [4.69, 9.17) is 9.15 Å². The van der Waals surface area contributed by atoms with E-state index in [1.54, 1.807) is 0 Å². The van der Waals surface area contributed by atoms with E-state index in [0.29, 0.717) is 0 Å². The Morgan fingerprint density at radius 3 is 2.58 bits per heavy atom. The minimum atomic E-state index is 0.864. The first-order valence-corrected chi connectivity index (χ1v) is 10.8. The van der Waals surface area contributed by atoms with Gasteiger partial charge in [0.25, 0.3) is 5.52 Å². The Morgan fingerprint density at radius 1 is 1.00 bits per heavy atom. The van der Waals surface area contributed by atoms with Crippen LogP contribution in [0.5, 0.6) is 5.75 Å². The highest BCUT2D eigenvalue weighted by molar-refractivity contribution is 5.70. The third kappa shape index (κ3) is 4.33. The zero-order valence-electron chi connectivity index (χ0n) is 18.6. The molecule has 0 saturated carbocycles. The van der Waals surface area contributed by atoms with Crippen LogP contribution in [0.2, 0.25) is 0 Å². The first kappa shape index (κ1) is 20.7. The number of hydrogen-bond acceptors (Lipinski definition) is 3. The number of aryl methyl sites for hydroxylation is 1. The summed E-state index contributed by atoms with van der Waals surface area (Å²) in [5.74, 6) is 2.64. The molecule has 4 rings (SSSR count). The largest absolute Gasteiger partial charge is 0.439 e. The maximum atomic E-state index is 6.04. The lowest BCUT2D eigenvalue weighted by Crippen LogP contribution is -2.33. The molecule has 0 spiro atoms. The molecule has 0 fully saturated rings. The predicted octanol–water partition coefficient (Wildman–Crippen LogP) is 6.41. The van der Waals surface area contributed by atoms with Crippen molar-refractivity contribution in [2.45, 2.75) is 34.2 Å². The fourth-order valence-corrected chi connectivity index (χ4v) is 3.81. The molecule has 0 aliphatic carbocycles. The van der Waals surface area contributed by atoms with Crippen molar-refractivity contribution in [1.29, 1.82) is 0 Å². The topological polar surface area (TPSA) is 29.5 Å². The van der Waals surface area contributed by atoms with E-state index in [1.807, 2.05) is 36.4 Å². The second kappa shape index (κ2) is 9.09. The number of nitrogens with zero attached hydrogens (tertiary/aromatic N) is 2. The molecule has 4 nitrogen and oxygen atoms in total. The summed E-state index contributed by atoms with van der Waals surface area (Å²) in [7, 11) is 0. The Bertz CT molecular complexity index is 1210. The minimum absolute atomic E-state index is 0.864. The molecule has 1 aliphatic heterocycles. The molecule has 0 N–H and O–H groups in total. The van der Waals surface area contributed by atoms with Crippen molar-refractivity contribution in [1.82, 2.24) is 0 Å². The predicted molar refractivity (Wildman–Crippen MR) is 127 cm³/mol. The number of ether oxygens (including phenoxy) is 1. The van der Waals surface area contributed by atoms with Crippen molar-refractivity contribution in [2.24, 2.45) is 0 Å². The van der Waals surface area contributed by atoms with Crippen LogP contribution in [-0.4, -0.2) is 6.54 Å². The van der Waals surface area contributed by atoms with Crippen LogP contribution in [-0.2, 0) is 6.54 Å². The van der Waals surface area contributed by atoms with Crippen LogP contribution < -0.4 is 14.2 Å². The number of benzene rings is 2. The summed E-state index contributed by atoms with van der Waals surface area (Å²) in [5.41, 5.74) is 5.39. The molecule has 0 unspecified atom stereocenters. The van der Waals surface area contributed by atoms with Gasteiger partial charge in [0, 0.05) is 18.7 Å². The summed E-state index contributed by atoms with van der Waals surface area (Å²) in [6.45, 7) is 10.2. The van der Waals surface area contributed by atoms with Crippen molar-refractivity contribution in [3.8, 4) is 5.75 Å². The number of para-hydroxylation sites is 4. The van der Waals surface area contributed by atoms with Crippen LogP contribution in [0.4, 0.5) is 5.69 Å². The number of rotatable bonds is 6. The fraction of sp³-hybridized carbons (Fsp3) is 0.222. The highest BCUT2D eigenvalue weighted by Crippen LogP contribution is 2.38. The number of aromatic nitrogens is 1. The Balaban J connectivity index is 1.51. The van der Waals surface area contributed by atoms with E-state index >= 15 is 0 Å². The second-order valence-corrected chi connectivity index (χ2v) is 7.61. The van der Waals surface area contributed by atoms with E-state index in [-0.39, 0.29) is 0 Å². The lowest BCUT2D eigenvalue weighted by Gasteiger charge is -2.15. The number of oxazole rings is 1. The SMILES string of the molecule is CCN1C(=CC(C)=CC=CC(C)=Cc2oc3ccccc3[n+]2CC)Oc2ccccc21. The van der Waals surface area contributed by atoms with E-state index in [2.05, 4.69) is 79.7 Å². The summed E-state index contributed by atoms with van der Waals surface area (Å²) in [4.78, 5) is 2.19. The Labute approximate surface area is 184 Å². The smallest absolute Gasteiger partial charge is 0.374 e. The van der Waals surface area contributed by atoms with E-state index in [9.17, 15) is 0 Å². The lowest BCUT2D eigenvalue weighted by molar-refractivity contribution is -0.674. The summed E-state index contributed by atoms with van der Waals surface area (Å²) >= 11 is 0. The van der Waals surface area contributed by atoms with Gasteiger partial charge in [-0.15, -0.1) is 0 Å². The van der Waals surface area contributed by atoms with Crippen LogP contribution in [0.25, 0.3) is 17.2 Å². The number of anilines is 1. The summed E-state index contributed by atoms with van der Waals surface area (Å²) < 4.78 is 14.3. The molecule has 158 valence electrons. The molecule has 1 aromatic heterocycles. The first-order valence-electron chi connectivity index (χ1n) is 10.8. The normalized spacial score (nSPS) is 15.9. The van der Waals surface area contributed by atoms with Gasteiger partial charge in [-0.3, -0.25) is 0 Å². The highest BCUT2D eigenvalue weighted by atomic mass is 16.5. The van der Waals surface area contributed by atoms with Gasteiger partial charge in [-0.1, -0.05) is 42.5 Å². The van der Waals surface area contributed by atoms with Gasteiger partial charge < -0.3 is 14.1 Å². The molecule has 31 heavy (non-hydrogen) atoms. The third-order valence-corrected chi connectivity index (χ3v) is 5.33. The Hall–Kier alpha value is -3.53. The van der Waals surface area contributed by atoms with E-state index < -0.39 is 0 Å². The Morgan fingerprint density at radius 2 is 1.77 bits per heavy atom. The summed E-state index contributed by atoms with van der Waals surface area (Å²) in [6.07, 6.45) is 10.4. The molecule has 0 bridgehead atoms. The maximum Gasteiger partial charge on any atom is 0.374 e. The minimum Gasteiger partial charge on any atom is -0.439 e. The van der Waals surface area contributed by atoms with Crippen LogP contribution >= 0.6 is 0 Å². The number of hydrogen-bond donors (Lipinski definition) is 0.